The first-order valence-electron chi connectivity index (χ1n) is 9.20. The van der Waals surface area contributed by atoms with Crippen molar-refractivity contribution in [3.05, 3.63) is 59.2 Å². The van der Waals surface area contributed by atoms with Crippen LogP contribution in [0.3, 0.4) is 0 Å². The van der Waals surface area contributed by atoms with Crippen LogP contribution in [0.25, 0.3) is 0 Å². The van der Waals surface area contributed by atoms with Crippen LogP contribution in [-0.2, 0) is 6.42 Å². The molecule has 0 aliphatic heterocycles. The van der Waals surface area contributed by atoms with Crippen molar-refractivity contribution in [2.24, 2.45) is 5.92 Å². The van der Waals surface area contributed by atoms with Crippen LogP contribution in [0.4, 0.5) is 8.78 Å². The molecule has 4 rings (SSSR count). The molecular weight excluding hydrogens is 352 g/mol. The molecule has 2 aliphatic carbocycles. The van der Waals surface area contributed by atoms with Crippen LogP contribution in [0, 0.1) is 5.92 Å². The van der Waals surface area contributed by atoms with Crippen molar-refractivity contribution in [3.8, 4) is 11.5 Å². The lowest BCUT2D eigenvalue weighted by Gasteiger charge is -2.16. The molecule has 2 aromatic carbocycles. The van der Waals surface area contributed by atoms with Crippen molar-refractivity contribution in [1.29, 1.82) is 0 Å². The summed E-state index contributed by atoms with van der Waals surface area (Å²) >= 11 is 0. The minimum absolute atomic E-state index is 0.0403. The Hall–Kier alpha value is -2.63. The second-order valence-corrected chi connectivity index (χ2v) is 7.06. The summed E-state index contributed by atoms with van der Waals surface area (Å²) in [6, 6.07) is 12.3. The van der Waals surface area contributed by atoms with Crippen molar-refractivity contribution in [3.63, 3.8) is 0 Å². The van der Waals surface area contributed by atoms with Gasteiger partial charge in [0.15, 0.2) is 11.5 Å². The van der Waals surface area contributed by atoms with Gasteiger partial charge in [-0.3, -0.25) is 4.79 Å². The van der Waals surface area contributed by atoms with Crippen LogP contribution in [-0.4, -0.2) is 19.1 Å². The van der Waals surface area contributed by atoms with Crippen LogP contribution < -0.4 is 14.8 Å². The van der Waals surface area contributed by atoms with Gasteiger partial charge in [-0.25, -0.2) is 0 Å². The van der Waals surface area contributed by atoms with Gasteiger partial charge in [0.2, 0.25) is 0 Å². The molecule has 0 radical (unpaired) electrons. The second-order valence-electron chi connectivity index (χ2n) is 7.06. The van der Waals surface area contributed by atoms with Gasteiger partial charge in [-0.15, -0.1) is 0 Å². The van der Waals surface area contributed by atoms with Crippen LogP contribution in [0.2, 0.25) is 0 Å². The van der Waals surface area contributed by atoms with Gasteiger partial charge in [0.1, 0.15) is 0 Å². The lowest BCUT2D eigenvalue weighted by atomic mass is 10.1. The Labute approximate surface area is 156 Å². The van der Waals surface area contributed by atoms with Gasteiger partial charge in [-0.2, -0.15) is 8.78 Å². The third-order valence-corrected chi connectivity index (χ3v) is 5.03. The van der Waals surface area contributed by atoms with Crippen molar-refractivity contribution in [2.45, 2.75) is 38.3 Å². The number of carbonyl (C=O) groups excluding carboxylic acids is 1. The normalized spacial score (nSPS) is 18.3. The van der Waals surface area contributed by atoms with E-state index in [1.807, 2.05) is 18.2 Å². The van der Waals surface area contributed by atoms with E-state index in [1.165, 1.54) is 23.8 Å². The van der Waals surface area contributed by atoms with E-state index in [1.54, 1.807) is 0 Å². The Bertz CT molecular complexity index is 836. The van der Waals surface area contributed by atoms with Gasteiger partial charge in [0.05, 0.1) is 12.6 Å². The minimum Gasteiger partial charge on any atom is -0.489 e. The molecule has 6 heteroatoms. The summed E-state index contributed by atoms with van der Waals surface area (Å²) in [7, 11) is 0. The molecule has 0 bridgehead atoms. The SMILES string of the molecule is O=C(NC1CCc2ccccc21)c1ccc(OC(F)F)c(OCC2CC2)c1. The zero-order valence-electron chi connectivity index (χ0n) is 14.8. The molecule has 2 aliphatic rings. The first kappa shape index (κ1) is 17.8. The van der Waals surface area contributed by atoms with E-state index >= 15 is 0 Å². The number of amides is 1. The molecule has 1 saturated carbocycles. The monoisotopic (exact) mass is 373 g/mol. The fraction of sp³-hybridized carbons (Fsp3) is 0.381. The molecule has 0 spiro atoms. The van der Waals surface area contributed by atoms with Crippen molar-refractivity contribution in [2.75, 3.05) is 6.61 Å². The summed E-state index contributed by atoms with van der Waals surface area (Å²) in [6.07, 6.45) is 3.93. The summed E-state index contributed by atoms with van der Waals surface area (Å²) in [5, 5.41) is 3.03. The molecule has 4 nitrogen and oxygen atoms in total. The molecule has 142 valence electrons. The number of fused-ring (bicyclic) bond motifs is 1. The number of aryl methyl sites for hydroxylation is 1. The van der Waals surface area contributed by atoms with Crippen molar-refractivity contribution >= 4 is 5.91 Å². The maximum atomic E-state index is 12.7. The fourth-order valence-corrected chi connectivity index (χ4v) is 3.40. The van der Waals surface area contributed by atoms with E-state index in [2.05, 4.69) is 16.1 Å². The van der Waals surface area contributed by atoms with Crippen molar-refractivity contribution in [1.82, 2.24) is 5.32 Å². The lowest BCUT2D eigenvalue weighted by molar-refractivity contribution is -0.0515. The first-order chi connectivity index (χ1) is 13.1. The quantitative estimate of drug-likeness (QED) is 0.778. The highest BCUT2D eigenvalue weighted by Gasteiger charge is 2.26. The highest BCUT2D eigenvalue weighted by molar-refractivity contribution is 5.95. The number of hydrogen-bond acceptors (Lipinski definition) is 3. The number of nitrogens with one attached hydrogen (secondary N) is 1. The molecule has 0 saturated heterocycles. The molecule has 0 heterocycles. The average molecular weight is 373 g/mol. The highest BCUT2D eigenvalue weighted by atomic mass is 19.3. The molecule has 1 amide bonds. The van der Waals surface area contributed by atoms with Crippen LogP contribution in [0.1, 0.15) is 46.8 Å². The molecule has 27 heavy (non-hydrogen) atoms. The predicted octanol–water partition coefficient (Wildman–Crippen LogP) is 4.49. The van der Waals surface area contributed by atoms with E-state index in [4.69, 9.17) is 4.74 Å². The smallest absolute Gasteiger partial charge is 0.387 e. The molecular formula is C21H21F2NO3. The van der Waals surface area contributed by atoms with E-state index in [0.29, 0.717) is 18.1 Å². The molecule has 0 aromatic heterocycles. The molecule has 1 atom stereocenters. The number of alkyl halides is 2. The van der Waals surface area contributed by atoms with E-state index < -0.39 is 6.61 Å². The standard InChI is InChI=1S/C21H21F2NO3/c22-21(23)27-18-10-8-15(11-19(18)26-12-13-5-6-13)20(25)24-17-9-7-14-3-1-2-4-16(14)17/h1-4,8,10-11,13,17,21H,5-7,9,12H2,(H,24,25). The van der Waals surface area contributed by atoms with E-state index in [0.717, 1.165) is 31.2 Å². The highest BCUT2D eigenvalue weighted by Crippen LogP contribution is 2.35. The summed E-state index contributed by atoms with van der Waals surface area (Å²) in [6.45, 7) is -2.50. The van der Waals surface area contributed by atoms with E-state index in [9.17, 15) is 13.6 Å². The maximum absolute atomic E-state index is 12.7. The number of benzene rings is 2. The maximum Gasteiger partial charge on any atom is 0.387 e. The number of ether oxygens (including phenoxy) is 2. The van der Waals surface area contributed by atoms with Gasteiger partial charge in [0, 0.05) is 5.56 Å². The van der Waals surface area contributed by atoms with Gasteiger partial charge in [-0.05, 0) is 60.9 Å². The summed E-state index contributed by atoms with van der Waals surface area (Å²) in [5.74, 6) is 0.337. The van der Waals surface area contributed by atoms with Gasteiger partial charge < -0.3 is 14.8 Å². The molecule has 2 aromatic rings. The summed E-state index contributed by atoms with van der Waals surface area (Å²) in [5.41, 5.74) is 2.75. The fourth-order valence-electron chi connectivity index (χ4n) is 3.40. The van der Waals surface area contributed by atoms with E-state index in [-0.39, 0.29) is 23.4 Å². The zero-order valence-corrected chi connectivity index (χ0v) is 14.8. The minimum atomic E-state index is -2.94. The number of rotatable bonds is 7. The second kappa shape index (κ2) is 7.55. The Kier molecular flexibility index (Phi) is 4.97. The summed E-state index contributed by atoms with van der Waals surface area (Å²) in [4.78, 5) is 12.7. The predicted molar refractivity (Wildman–Crippen MR) is 96.3 cm³/mol. The molecule has 1 N–H and O–H groups in total. The largest absolute Gasteiger partial charge is 0.489 e. The lowest BCUT2D eigenvalue weighted by Crippen LogP contribution is -2.27. The third kappa shape index (κ3) is 4.21. The number of carbonyl (C=O) groups is 1. The first-order valence-corrected chi connectivity index (χ1v) is 9.20. The summed E-state index contributed by atoms with van der Waals surface area (Å²) < 4.78 is 35.4. The van der Waals surface area contributed by atoms with Gasteiger partial charge in [-0.1, -0.05) is 24.3 Å². The Morgan fingerprint density at radius 1 is 1.11 bits per heavy atom. The number of halogens is 2. The van der Waals surface area contributed by atoms with Crippen molar-refractivity contribution < 1.29 is 23.0 Å². The zero-order chi connectivity index (χ0) is 18.8. The van der Waals surface area contributed by atoms with Crippen LogP contribution in [0.15, 0.2) is 42.5 Å². The molecule has 1 unspecified atom stereocenters. The van der Waals surface area contributed by atoms with Crippen LogP contribution in [0.5, 0.6) is 11.5 Å². The Morgan fingerprint density at radius 3 is 2.70 bits per heavy atom. The van der Waals surface area contributed by atoms with Gasteiger partial charge >= 0.3 is 6.61 Å². The topological polar surface area (TPSA) is 47.6 Å². The van der Waals surface area contributed by atoms with Crippen LogP contribution >= 0.6 is 0 Å². The third-order valence-electron chi connectivity index (χ3n) is 5.03. The Balaban J connectivity index is 1.50. The molecule has 1 fully saturated rings. The van der Waals surface area contributed by atoms with Gasteiger partial charge in [0.25, 0.3) is 5.91 Å². The number of hydrogen-bond donors (Lipinski definition) is 1. The average Bonchev–Trinajstić information content (AvgIpc) is 3.41. The Morgan fingerprint density at radius 2 is 1.93 bits per heavy atom.